The Hall–Kier alpha value is -3.90. The van der Waals surface area contributed by atoms with E-state index in [1.165, 1.54) is 0 Å². The molecule has 4 atom stereocenters. The number of aromatic nitrogens is 3. The van der Waals surface area contributed by atoms with Crippen LogP contribution in [0.2, 0.25) is 0 Å². The molecule has 3 aromatic rings. The molecule has 2 N–H and O–H groups in total. The van der Waals surface area contributed by atoms with E-state index in [0.29, 0.717) is 49.0 Å². The summed E-state index contributed by atoms with van der Waals surface area (Å²) in [6.07, 6.45) is 2.73. The van der Waals surface area contributed by atoms with E-state index in [1.807, 2.05) is 34.9 Å². The predicted octanol–water partition coefficient (Wildman–Crippen LogP) is 2.56. The molecule has 0 bridgehead atoms. The van der Waals surface area contributed by atoms with Gasteiger partial charge in [-0.25, -0.2) is 4.98 Å². The second kappa shape index (κ2) is 9.39. The number of piperidine rings is 1. The summed E-state index contributed by atoms with van der Waals surface area (Å²) in [6, 6.07) is 9.67. The largest absolute Gasteiger partial charge is 0.481 e. The molecule has 0 spiro atoms. The van der Waals surface area contributed by atoms with Crippen LogP contribution in [0.5, 0.6) is 0 Å². The van der Waals surface area contributed by atoms with Crippen molar-refractivity contribution in [2.45, 2.75) is 32.4 Å². The van der Waals surface area contributed by atoms with Crippen LogP contribution in [0.15, 0.2) is 47.2 Å². The lowest BCUT2D eigenvalue weighted by Gasteiger charge is -2.18. The van der Waals surface area contributed by atoms with Gasteiger partial charge >= 0.3 is 5.97 Å². The van der Waals surface area contributed by atoms with Crippen molar-refractivity contribution in [3.05, 3.63) is 59.8 Å². The maximum Gasteiger partial charge on any atom is 0.303 e. The van der Waals surface area contributed by atoms with Crippen molar-refractivity contribution < 1.29 is 24.3 Å². The standard InChI is InChI=1S/C26H26N4O5/c1-16(31)26-27-10-11-29(26)13-19-12-23(35-28-19)18-5-2-17(3-6-18)4-7-20-21-14-30(15-22(20)21)24(32)8-9-25(33)34/h2-3,5-6,10-12,16,20-22,31H,8-9,13-15H2,1H3,(H,33,34)/t16-,20-,21+,22-/m0/s1. The number of fused-ring (bicyclic) bond motifs is 1. The molecule has 1 amide bonds. The summed E-state index contributed by atoms with van der Waals surface area (Å²) in [4.78, 5) is 28.7. The Bertz CT molecular complexity index is 1280. The van der Waals surface area contributed by atoms with Crippen molar-refractivity contribution in [1.82, 2.24) is 19.6 Å². The van der Waals surface area contributed by atoms with Gasteiger partial charge in [0.05, 0.1) is 13.0 Å². The number of nitrogens with zero attached hydrogens (tertiary/aromatic N) is 4. The molecule has 1 aromatic carbocycles. The monoisotopic (exact) mass is 474 g/mol. The normalized spacial score (nSPS) is 21.2. The van der Waals surface area contributed by atoms with Gasteiger partial charge in [0.2, 0.25) is 5.91 Å². The number of aliphatic carboxylic acids is 1. The average Bonchev–Trinajstić information content (AvgIpc) is 3.33. The van der Waals surface area contributed by atoms with Crippen LogP contribution < -0.4 is 0 Å². The van der Waals surface area contributed by atoms with E-state index < -0.39 is 12.1 Å². The fraction of sp³-hybridized carbons (Fsp3) is 0.385. The first kappa shape index (κ1) is 22.9. The van der Waals surface area contributed by atoms with Gasteiger partial charge in [-0.05, 0) is 43.0 Å². The number of aliphatic hydroxyl groups excluding tert-OH is 1. The molecule has 9 heteroatoms. The Morgan fingerprint density at radius 1 is 1.20 bits per heavy atom. The van der Waals surface area contributed by atoms with Gasteiger partial charge in [-0.2, -0.15) is 0 Å². The molecule has 180 valence electrons. The van der Waals surface area contributed by atoms with Crippen molar-refractivity contribution in [3.63, 3.8) is 0 Å². The number of hydrogen-bond acceptors (Lipinski definition) is 6. The van der Waals surface area contributed by atoms with Crippen LogP contribution in [0.1, 0.15) is 43.0 Å². The van der Waals surface area contributed by atoms with E-state index >= 15 is 0 Å². The number of carbonyl (C=O) groups is 2. The number of likely N-dealkylation sites (tertiary alicyclic amines) is 1. The topological polar surface area (TPSA) is 122 Å². The van der Waals surface area contributed by atoms with E-state index in [0.717, 1.165) is 16.8 Å². The van der Waals surface area contributed by atoms with Crippen molar-refractivity contribution in [2.75, 3.05) is 13.1 Å². The number of benzene rings is 1. The Kier molecular flexibility index (Phi) is 6.14. The zero-order chi connectivity index (χ0) is 24.5. The van der Waals surface area contributed by atoms with Gasteiger partial charge in [0.1, 0.15) is 17.6 Å². The van der Waals surface area contributed by atoms with Gasteiger partial charge in [-0.1, -0.05) is 17.0 Å². The number of carboxylic acids is 1. The summed E-state index contributed by atoms with van der Waals surface area (Å²) in [7, 11) is 0. The van der Waals surface area contributed by atoms with E-state index in [9.17, 15) is 14.7 Å². The minimum atomic E-state index is -0.943. The summed E-state index contributed by atoms with van der Waals surface area (Å²) < 4.78 is 7.35. The third-order valence-electron chi connectivity index (χ3n) is 6.66. The number of carbonyl (C=O) groups excluding carboxylic acids is 1. The Balaban J connectivity index is 1.15. The van der Waals surface area contributed by atoms with Crippen LogP contribution in [-0.2, 0) is 16.1 Å². The van der Waals surface area contributed by atoms with E-state index in [4.69, 9.17) is 9.63 Å². The van der Waals surface area contributed by atoms with Crippen LogP contribution in [-0.4, -0.2) is 54.8 Å². The van der Waals surface area contributed by atoms with Crippen LogP contribution in [0.3, 0.4) is 0 Å². The number of aliphatic hydroxyl groups is 1. The van der Waals surface area contributed by atoms with Crippen LogP contribution in [0.25, 0.3) is 11.3 Å². The molecular weight excluding hydrogens is 448 g/mol. The number of imidazole rings is 1. The Morgan fingerprint density at radius 2 is 1.94 bits per heavy atom. The van der Waals surface area contributed by atoms with Gasteiger partial charge in [0, 0.05) is 55.0 Å². The summed E-state index contributed by atoms with van der Waals surface area (Å²) in [5, 5.41) is 22.7. The first-order valence-corrected chi connectivity index (χ1v) is 11.7. The van der Waals surface area contributed by atoms with E-state index in [-0.39, 0.29) is 18.7 Å². The van der Waals surface area contributed by atoms with Crippen molar-refractivity contribution in [3.8, 4) is 23.2 Å². The predicted molar refractivity (Wildman–Crippen MR) is 125 cm³/mol. The number of amides is 1. The van der Waals surface area contributed by atoms with Crippen molar-refractivity contribution in [1.29, 1.82) is 0 Å². The first-order chi connectivity index (χ1) is 16.9. The van der Waals surface area contributed by atoms with Gasteiger partial charge in [-0.15, -0.1) is 0 Å². The molecule has 2 aromatic heterocycles. The highest BCUT2D eigenvalue weighted by Crippen LogP contribution is 2.51. The summed E-state index contributed by atoms with van der Waals surface area (Å²) in [6.45, 7) is 3.48. The lowest BCUT2D eigenvalue weighted by molar-refractivity contribution is -0.140. The summed E-state index contributed by atoms with van der Waals surface area (Å²) in [5.74, 6) is 7.88. The molecule has 1 aliphatic heterocycles. The molecule has 0 unspecified atom stereocenters. The molecule has 2 aliphatic rings. The fourth-order valence-electron chi connectivity index (χ4n) is 4.72. The highest BCUT2D eigenvalue weighted by Gasteiger charge is 2.55. The molecule has 2 fully saturated rings. The van der Waals surface area contributed by atoms with Crippen LogP contribution in [0, 0.1) is 29.6 Å². The summed E-state index contributed by atoms with van der Waals surface area (Å²) in [5.41, 5.74) is 2.54. The molecule has 1 saturated carbocycles. The third-order valence-corrected chi connectivity index (χ3v) is 6.66. The maximum atomic E-state index is 12.1. The third kappa shape index (κ3) is 4.98. The highest BCUT2D eigenvalue weighted by atomic mass is 16.5. The zero-order valence-corrected chi connectivity index (χ0v) is 19.3. The number of hydrogen-bond donors (Lipinski definition) is 2. The minimum Gasteiger partial charge on any atom is -0.481 e. The van der Waals surface area contributed by atoms with E-state index in [1.54, 1.807) is 24.2 Å². The second-order valence-corrected chi connectivity index (χ2v) is 9.16. The van der Waals surface area contributed by atoms with Crippen molar-refractivity contribution in [2.24, 2.45) is 17.8 Å². The molecule has 5 rings (SSSR count). The van der Waals surface area contributed by atoms with Gasteiger partial charge in [-0.3, -0.25) is 9.59 Å². The van der Waals surface area contributed by atoms with Gasteiger partial charge in [0.25, 0.3) is 0 Å². The second-order valence-electron chi connectivity index (χ2n) is 9.16. The SMILES string of the molecule is C[C@H](O)c1nccn1Cc1cc(-c2ccc(C#C[C@H]3[C@H]4CN(C(=O)CCC(=O)O)C[C@@H]34)cc2)on1. The lowest BCUT2D eigenvalue weighted by Crippen LogP contribution is -2.31. The highest BCUT2D eigenvalue weighted by molar-refractivity contribution is 5.81. The number of rotatable bonds is 7. The van der Waals surface area contributed by atoms with Crippen molar-refractivity contribution >= 4 is 11.9 Å². The molecular formula is C26H26N4O5. The molecule has 9 nitrogen and oxygen atoms in total. The first-order valence-electron chi connectivity index (χ1n) is 11.7. The average molecular weight is 475 g/mol. The van der Waals surface area contributed by atoms with Gasteiger partial charge in [0.15, 0.2) is 5.76 Å². The Labute approximate surface area is 202 Å². The van der Waals surface area contributed by atoms with Gasteiger partial charge < -0.3 is 24.2 Å². The quantitative estimate of drug-likeness (QED) is 0.505. The smallest absolute Gasteiger partial charge is 0.303 e. The number of carboxylic acid groups (broad SMARTS) is 1. The molecule has 1 aliphatic carbocycles. The molecule has 1 saturated heterocycles. The fourth-order valence-corrected chi connectivity index (χ4v) is 4.72. The van der Waals surface area contributed by atoms with Crippen LogP contribution >= 0.6 is 0 Å². The molecule has 0 radical (unpaired) electrons. The summed E-state index contributed by atoms with van der Waals surface area (Å²) >= 11 is 0. The molecule has 35 heavy (non-hydrogen) atoms. The Morgan fingerprint density at radius 3 is 2.63 bits per heavy atom. The van der Waals surface area contributed by atoms with E-state index in [2.05, 4.69) is 22.0 Å². The zero-order valence-electron chi connectivity index (χ0n) is 19.3. The minimum absolute atomic E-state index is 0.0661. The lowest BCUT2D eigenvalue weighted by atomic mass is 10.1. The van der Waals surface area contributed by atoms with Crippen LogP contribution in [0.4, 0.5) is 0 Å². The maximum absolute atomic E-state index is 12.1. The molecule has 3 heterocycles.